The molecule has 0 aliphatic carbocycles. The lowest BCUT2D eigenvalue weighted by Gasteiger charge is -2.40. The average Bonchev–Trinajstić information content (AvgIpc) is 2.78. The van der Waals surface area contributed by atoms with E-state index in [9.17, 15) is 4.79 Å². The van der Waals surface area contributed by atoms with E-state index >= 15 is 0 Å². The van der Waals surface area contributed by atoms with Gasteiger partial charge >= 0.3 is 5.97 Å². The zero-order valence-corrected chi connectivity index (χ0v) is 17.2. The molecule has 1 aliphatic rings. The molecule has 29 heavy (non-hydrogen) atoms. The molecule has 0 bridgehead atoms. The van der Waals surface area contributed by atoms with Gasteiger partial charge in [-0.15, -0.1) is 0 Å². The fourth-order valence-electron chi connectivity index (χ4n) is 3.83. The second kappa shape index (κ2) is 11.0. The molecule has 2 aromatic carbocycles. The molecule has 0 atom stereocenters. The number of carbonyl (C=O) groups is 1. The van der Waals surface area contributed by atoms with E-state index in [0.29, 0.717) is 26.4 Å². The van der Waals surface area contributed by atoms with E-state index in [0.717, 1.165) is 43.8 Å². The van der Waals surface area contributed by atoms with E-state index in [1.165, 1.54) is 0 Å². The first kappa shape index (κ1) is 21.3. The molecule has 0 amide bonds. The zero-order chi connectivity index (χ0) is 20.4. The van der Waals surface area contributed by atoms with Crippen LogP contribution in [0.3, 0.4) is 0 Å². The van der Waals surface area contributed by atoms with Gasteiger partial charge in [-0.2, -0.15) is 0 Å². The van der Waals surface area contributed by atoms with Crippen molar-refractivity contribution < 1.29 is 19.0 Å². The van der Waals surface area contributed by atoms with Crippen LogP contribution < -0.4 is 4.74 Å². The van der Waals surface area contributed by atoms with Crippen molar-refractivity contribution in [2.45, 2.75) is 25.2 Å². The maximum atomic E-state index is 12.8. The largest absolute Gasteiger partial charge is 0.491 e. The number of carbonyl (C=O) groups excluding carboxylic acids is 1. The van der Waals surface area contributed by atoms with Gasteiger partial charge in [-0.3, -0.25) is 4.79 Å². The Kier molecular flexibility index (Phi) is 8.08. The Labute approximate surface area is 173 Å². The van der Waals surface area contributed by atoms with Crippen LogP contribution in [0.1, 0.15) is 25.3 Å². The number of benzene rings is 2. The maximum Gasteiger partial charge on any atom is 0.316 e. The molecule has 3 rings (SSSR count). The summed E-state index contributed by atoms with van der Waals surface area (Å²) in [5.41, 5.74) is 0.533. The first-order chi connectivity index (χ1) is 14.2. The minimum Gasteiger partial charge on any atom is -0.491 e. The van der Waals surface area contributed by atoms with Crippen LogP contribution in [0, 0.1) is 0 Å². The van der Waals surface area contributed by atoms with Gasteiger partial charge in [-0.25, -0.2) is 0 Å². The van der Waals surface area contributed by atoms with Crippen molar-refractivity contribution >= 4 is 5.97 Å². The summed E-state index contributed by atoms with van der Waals surface area (Å²) in [5.74, 6) is 0.767. The highest BCUT2D eigenvalue weighted by Crippen LogP contribution is 2.36. The number of esters is 1. The van der Waals surface area contributed by atoms with E-state index in [1.54, 1.807) is 0 Å². The topological polar surface area (TPSA) is 48.0 Å². The molecule has 5 nitrogen and oxygen atoms in total. The number of para-hydroxylation sites is 1. The van der Waals surface area contributed by atoms with Crippen molar-refractivity contribution in [3.63, 3.8) is 0 Å². The molecule has 1 aliphatic heterocycles. The van der Waals surface area contributed by atoms with Crippen LogP contribution in [0.5, 0.6) is 5.75 Å². The standard InChI is InChI=1S/C24H31NO4/c1-2-28-23(26)24(21-9-5-3-6-10-21)13-15-25(16-14-24)17-18-27-19-20-29-22-11-7-4-8-12-22/h3-12H,2,13-20H2,1H3. The summed E-state index contributed by atoms with van der Waals surface area (Å²) in [6.07, 6.45) is 1.54. The van der Waals surface area contributed by atoms with Crippen LogP contribution in [0.25, 0.3) is 0 Å². The molecule has 1 heterocycles. The Morgan fingerprint density at radius 3 is 2.24 bits per heavy atom. The van der Waals surface area contributed by atoms with Crippen molar-refractivity contribution in [1.29, 1.82) is 0 Å². The van der Waals surface area contributed by atoms with Crippen molar-refractivity contribution in [2.75, 3.05) is 46.1 Å². The monoisotopic (exact) mass is 397 g/mol. The van der Waals surface area contributed by atoms with E-state index in [1.807, 2.05) is 67.6 Å². The fraction of sp³-hybridized carbons (Fsp3) is 0.458. The summed E-state index contributed by atoms with van der Waals surface area (Å²) in [6, 6.07) is 19.8. The average molecular weight is 398 g/mol. The molecule has 0 spiro atoms. The summed E-state index contributed by atoms with van der Waals surface area (Å²) in [7, 11) is 0. The molecule has 1 fully saturated rings. The molecular formula is C24H31NO4. The lowest BCUT2D eigenvalue weighted by molar-refractivity contribution is -0.152. The van der Waals surface area contributed by atoms with Crippen LogP contribution in [0.15, 0.2) is 60.7 Å². The smallest absolute Gasteiger partial charge is 0.316 e. The first-order valence-corrected chi connectivity index (χ1v) is 10.5. The van der Waals surface area contributed by atoms with Crippen LogP contribution in [0.2, 0.25) is 0 Å². The van der Waals surface area contributed by atoms with Gasteiger partial charge in [-0.05, 0) is 50.6 Å². The molecule has 1 saturated heterocycles. The third-order valence-electron chi connectivity index (χ3n) is 5.49. The highest BCUT2D eigenvalue weighted by atomic mass is 16.5. The number of nitrogens with zero attached hydrogens (tertiary/aromatic N) is 1. The number of hydrogen-bond acceptors (Lipinski definition) is 5. The number of hydrogen-bond donors (Lipinski definition) is 0. The van der Waals surface area contributed by atoms with E-state index in [2.05, 4.69) is 4.90 Å². The second-order valence-corrected chi connectivity index (χ2v) is 7.28. The lowest BCUT2D eigenvalue weighted by Crippen LogP contribution is -2.48. The van der Waals surface area contributed by atoms with Crippen LogP contribution in [-0.2, 0) is 19.7 Å². The number of ether oxygens (including phenoxy) is 3. The molecule has 0 radical (unpaired) electrons. The SMILES string of the molecule is CCOC(=O)C1(c2ccccc2)CCN(CCOCCOc2ccccc2)CC1. The molecule has 0 aromatic heterocycles. The number of likely N-dealkylation sites (tertiary alicyclic amines) is 1. The molecule has 0 unspecified atom stereocenters. The highest BCUT2D eigenvalue weighted by molar-refractivity contribution is 5.83. The Morgan fingerprint density at radius 2 is 1.59 bits per heavy atom. The maximum absolute atomic E-state index is 12.8. The summed E-state index contributed by atoms with van der Waals surface area (Å²) < 4.78 is 16.8. The Bertz CT molecular complexity index is 727. The van der Waals surface area contributed by atoms with Crippen molar-refractivity contribution in [3.05, 3.63) is 66.2 Å². The van der Waals surface area contributed by atoms with Gasteiger partial charge in [0, 0.05) is 6.54 Å². The second-order valence-electron chi connectivity index (χ2n) is 7.28. The van der Waals surface area contributed by atoms with Gasteiger partial charge in [0.1, 0.15) is 12.4 Å². The number of rotatable bonds is 10. The third kappa shape index (κ3) is 5.81. The Balaban J connectivity index is 1.42. The minimum atomic E-state index is -0.530. The molecule has 2 aromatic rings. The summed E-state index contributed by atoms with van der Waals surface area (Å²) in [6.45, 7) is 6.63. The van der Waals surface area contributed by atoms with E-state index in [4.69, 9.17) is 14.2 Å². The van der Waals surface area contributed by atoms with E-state index < -0.39 is 5.41 Å². The predicted molar refractivity (Wildman–Crippen MR) is 113 cm³/mol. The normalized spacial score (nSPS) is 16.3. The predicted octanol–water partition coefficient (Wildman–Crippen LogP) is 3.68. The van der Waals surface area contributed by atoms with Gasteiger partial charge < -0.3 is 19.1 Å². The quantitative estimate of drug-likeness (QED) is 0.452. The fourth-order valence-corrected chi connectivity index (χ4v) is 3.83. The van der Waals surface area contributed by atoms with Crippen LogP contribution in [-0.4, -0.2) is 56.9 Å². The summed E-state index contributed by atoms with van der Waals surface area (Å²) >= 11 is 0. The molecular weight excluding hydrogens is 366 g/mol. The molecule has 0 N–H and O–H groups in total. The highest BCUT2D eigenvalue weighted by Gasteiger charge is 2.44. The van der Waals surface area contributed by atoms with Crippen molar-refractivity contribution in [3.8, 4) is 5.75 Å². The van der Waals surface area contributed by atoms with Gasteiger partial charge in [0.25, 0.3) is 0 Å². The molecule has 0 saturated carbocycles. The molecule has 5 heteroatoms. The Hall–Kier alpha value is -2.37. The van der Waals surface area contributed by atoms with Gasteiger partial charge in [-0.1, -0.05) is 48.5 Å². The zero-order valence-electron chi connectivity index (χ0n) is 17.2. The number of piperidine rings is 1. The first-order valence-electron chi connectivity index (χ1n) is 10.5. The third-order valence-corrected chi connectivity index (χ3v) is 5.49. The van der Waals surface area contributed by atoms with Gasteiger partial charge in [0.2, 0.25) is 0 Å². The van der Waals surface area contributed by atoms with Gasteiger partial charge in [0.15, 0.2) is 0 Å². The van der Waals surface area contributed by atoms with Crippen LogP contribution >= 0.6 is 0 Å². The summed E-state index contributed by atoms with van der Waals surface area (Å²) in [4.78, 5) is 15.2. The van der Waals surface area contributed by atoms with E-state index in [-0.39, 0.29) is 5.97 Å². The minimum absolute atomic E-state index is 0.0971. The van der Waals surface area contributed by atoms with Crippen molar-refractivity contribution in [2.24, 2.45) is 0 Å². The van der Waals surface area contributed by atoms with Gasteiger partial charge in [0.05, 0.1) is 25.2 Å². The Morgan fingerprint density at radius 1 is 0.931 bits per heavy atom. The molecule has 156 valence electrons. The van der Waals surface area contributed by atoms with Crippen molar-refractivity contribution in [1.82, 2.24) is 4.90 Å². The lowest BCUT2D eigenvalue weighted by atomic mass is 9.72. The summed E-state index contributed by atoms with van der Waals surface area (Å²) in [5, 5.41) is 0. The van der Waals surface area contributed by atoms with Crippen LogP contribution in [0.4, 0.5) is 0 Å².